The molecule has 0 radical (unpaired) electrons. The van der Waals surface area contributed by atoms with Gasteiger partial charge >= 0.3 is 0 Å². The van der Waals surface area contributed by atoms with Crippen LogP contribution in [0.2, 0.25) is 10.0 Å². The summed E-state index contributed by atoms with van der Waals surface area (Å²) in [6, 6.07) is 4.75. The van der Waals surface area contributed by atoms with Crippen LogP contribution in [0.4, 0.5) is 0 Å². The Hall–Kier alpha value is -0.570. The minimum atomic E-state index is 0.425. The standard InChI is InChI=1S/C7H4Cl2O.C5H12O/c8-6-1-2-7(9)5(3-6)4-10;1-3-4-5-6-2/h1-4H;3-5H2,1-2H3. The van der Waals surface area contributed by atoms with Gasteiger partial charge in [-0.1, -0.05) is 36.5 Å². The molecule has 0 atom stereocenters. The summed E-state index contributed by atoms with van der Waals surface area (Å²) < 4.78 is 4.78. The lowest BCUT2D eigenvalue weighted by molar-refractivity contribution is 0.112. The van der Waals surface area contributed by atoms with Crippen molar-refractivity contribution in [2.24, 2.45) is 0 Å². The van der Waals surface area contributed by atoms with E-state index in [-0.39, 0.29) is 0 Å². The number of rotatable bonds is 4. The first-order valence-corrected chi connectivity index (χ1v) is 5.80. The highest BCUT2D eigenvalue weighted by atomic mass is 35.5. The zero-order valence-electron chi connectivity index (χ0n) is 9.50. The number of unbranched alkanes of at least 4 members (excludes halogenated alkanes) is 1. The van der Waals surface area contributed by atoms with Crippen LogP contribution in [0.15, 0.2) is 18.2 Å². The van der Waals surface area contributed by atoms with Crippen molar-refractivity contribution in [1.29, 1.82) is 0 Å². The van der Waals surface area contributed by atoms with Gasteiger partial charge in [-0.15, -0.1) is 0 Å². The van der Waals surface area contributed by atoms with Gasteiger partial charge < -0.3 is 4.74 Å². The van der Waals surface area contributed by atoms with E-state index >= 15 is 0 Å². The molecule has 0 saturated heterocycles. The topological polar surface area (TPSA) is 26.3 Å². The minimum absolute atomic E-state index is 0.425. The lowest BCUT2D eigenvalue weighted by atomic mass is 10.2. The van der Waals surface area contributed by atoms with Crippen molar-refractivity contribution in [2.75, 3.05) is 13.7 Å². The summed E-state index contributed by atoms with van der Waals surface area (Å²) in [6.07, 6.45) is 3.10. The Morgan fingerprint density at radius 2 is 2.06 bits per heavy atom. The van der Waals surface area contributed by atoms with Gasteiger partial charge in [0.1, 0.15) is 0 Å². The number of aldehydes is 1. The highest BCUT2D eigenvalue weighted by Gasteiger charge is 1.97. The van der Waals surface area contributed by atoms with E-state index < -0.39 is 0 Å². The highest BCUT2D eigenvalue weighted by molar-refractivity contribution is 6.34. The van der Waals surface area contributed by atoms with Crippen molar-refractivity contribution in [3.8, 4) is 0 Å². The van der Waals surface area contributed by atoms with Crippen molar-refractivity contribution in [3.63, 3.8) is 0 Å². The molecule has 1 aromatic rings. The van der Waals surface area contributed by atoms with Crippen LogP contribution in [0.5, 0.6) is 0 Å². The molecule has 1 aromatic carbocycles. The Bertz CT molecular complexity index is 310. The molecule has 16 heavy (non-hydrogen) atoms. The van der Waals surface area contributed by atoms with E-state index in [9.17, 15) is 4.79 Å². The minimum Gasteiger partial charge on any atom is -0.385 e. The lowest BCUT2D eigenvalue weighted by Gasteiger charge is -1.93. The van der Waals surface area contributed by atoms with Gasteiger partial charge in [0, 0.05) is 24.3 Å². The Morgan fingerprint density at radius 3 is 2.44 bits per heavy atom. The molecule has 0 aromatic heterocycles. The predicted octanol–water partition coefficient (Wildman–Crippen LogP) is 4.24. The van der Waals surface area contributed by atoms with E-state index in [4.69, 9.17) is 27.9 Å². The number of carbonyl (C=O) groups is 1. The van der Waals surface area contributed by atoms with Crippen LogP contribution >= 0.6 is 23.2 Å². The fraction of sp³-hybridized carbons (Fsp3) is 0.417. The number of ether oxygens (including phenoxy) is 1. The van der Waals surface area contributed by atoms with Crippen molar-refractivity contribution in [2.45, 2.75) is 19.8 Å². The largest absolute Gasteiger partial charge is 0.385 e. The molecular formula is C12H16Cl2O2. The van der Waals surface area contributed by atoms with E-state index in [1.807, 2.05) is 0 Å². The number of halogens is 2. The second kappa shape index (κ2) is 9.64. The van der Waals surface area contributed by atoms with Crippen molar-refractivity contribution >= 4 is 29.5 Å². The molecule has 0 saturated carbocycles. The molecular weight excluding hydrogens is 247 g/mol. The Balaban J connectivity index is 0.000000325. The number of benzene rings is 1. The Kier molecular flexibility index (Phi) is 9.30. The Morgan fingerprint density at radius 1 is 1.38 bits per heavy atom. The molecule has 90 valence electrons. The maximum atomic E-state index is 10.2. The van der Waals surface area contributed by atoms with E-state index in [1.54, 1.807) is 19.2 Å². The first kappa shape index (κ1) is 15.4. The van der Waals surface area contributed by atoms with E-state index in [1.165, 1.54) is 18.9 Å². The molecule has 0 amide bonds. The first-order chi connectivity index (χ1) is 7.65. The summed E-state index contributed by atoms with van der Waals surface area (Å²) >= 11 is 11.2. The van der Waals surface area contributed by atoms with Gasteiger partial charge in [-0.3, -0.25) is 4.79 Å². The average molecular weight is 263 g/mol. The second-order valence-electron chi connectivity index (χ2n) is 3.13. The fourth-order valence-corrected chi connectivity index (χ4v) is 1.24. The summed E-state index contributed by atoms with van der Waals surface area (Å²) in [7, 11) is 1.73. The van der Waals surface area contributed by atoms with Gasteiger partial charge in [0.2, 0.25) is 0 Å². The van der Waals surface area contributed by atoms with Crippen LogP contribution in [0.1, 0.15) is 30.1 Å². The molecule has 4 heteroatoms. The molecule has 0 aliphatic heterocycles. The van der Waals surface area contributed by atoms with Crippen molar-refractivity contribution in [3.05, 3.63) is 33.8 Å². The molecule has 1 rings (SSSR count). The van der Waals surface area contributed by atoms with Gasteiger partial charge in [-0.25, -0.2) is 0 Å². The summed E-state index contributed by atoms with van der Waals surface area (Å²) in [4.78, 5) is 10.2. The molecule has 0 spiro atoms. The molecule has 0 aliphatic carbocycles. The molecule has 2 nitrogen and oxygen atoms in total. The number of hydrogen-bond acceptors (Lipinski definition) is 2. The third kappa shape index (κ3) is 6.83. The normalized spacial score (nSPS) is 9.25. The maximum Gasteiger partial charge on any atom is 0.151 e. The Labute approximate surface area is 107 Å². The molecule has 0 fully saturated rings. The molecule has 0 heterocycles. The van der Waals surface area contributed by atoms with Gasteiger partial charge in [-0.2, -0.15) is 0 Å². The quantitative estimate of drug-likeness (QED) is 0.600. The summed E-state index contributed by atoms with van der Waals surface area (Å²) in [5.41, 5.74) is 0.425. The fourth-order valence-electron chi connectivity index (χ4n) is 0.894. The summed E-state index contributed by atoms with van der Waals surface area (Å²) in [5.74, 6) is 0. The predicted molar refractivity (Wildman–Crippen MR) is 68.6 cm³/mol. The van der Waals surface area contributed by atoms with Gasteiger partial charge in [0.15, 0.2) is 6.29 Å². The van der Waals surface area contributed by atoms with Crippen molar-refractivity contribution in [1.82, 2.24) is 0 Å². The van der Waals surface area contributed by atoms with Crippen LogP contribution in [-0.2, 0) is 4.74 Å². The van der Waals surface area contributed by atoms with Crippen LogP contribution in [0, 0.1) is 0 Å². The van der Waals surface area contributed by atoms with Gasteiger partial charge in [0.05, 0.1) is 5.02 Å². The van der Waals surface area contributed by atoms with E-state index in [2.05, 4.69) is 6.92 Å². The molecule has 0 aliphatic rings. The lowest BCUT2D eigenvalue weighted by Crippen LogP contribution is -1.84. The molecule has 0 unspecified atom stereocenters. The molecule has 0 bridgehead atoms. The smallest absolute Gasteiger partial charge is 0.151 e. The highest BCUT2D eigenvalue weighted by Crippen LogP contribution is 2.18. The monoisotopic (exact) mass is 262 g/mol. The first-order valence-electron chi connectivity index (χ1n) is 5.04. The summed E-state index contributed by atoms with van der Waals surface area (Å²) in [5, 5.41) is 0.950. The zero-order chi connectivity index (χ0) is 12.4. The average Bonchev–Trinajstić information content (AvgIpc) is 2.30. The zero-order valence-corrected chi connectivity index (χ0v) is 11.0. The van der Waals surface area contributed by atoms with Crippen LogP contribution in [0.3, 0.4) is 0 Å². The maximum absolute atomic E-state index is 10.2. The third-order valence-electron chi connectivity index (χ3n) is 1.79. The third-order valence-corrected chi connectivity index (χ3v) is 2.37. The van der Waals surface area contributed by atoms with Crippen molar-refractivity contribution < 1.29 is 9.53 Å². The number of hydrogen-bond donors (Lipinski definition) is 0. The summed E-state index contributed by atoms with van der Waals surface area (Å²) in [6.45, 7) is 3.07. The van der Waals surface area contributed by atoms with Crippen LogP contribution in [-0.4, -0.2) is 20.0 Å². The molecule has 0 N–H and O–H groups in total. The van der Waals surface area contributed by atoms with Crippen LogP contribution < -0.4 is 0 Å². The second-order valence-corrected chi connectivity index (χ2v) is 3.97. The number of carbonyl (C=O) groups excluding carboxylic acids is 1. The van der Waals surface area contributed by atoms with E-state index in [0.29, 0.717) is 21.9 Å². The van der Waals surface area contributed by atoms with Gasteiger partial charge in [-0.05, 0) is 24.6 Å². The van der Waals surface area contributed by atoms with E-state index in [0.717, 1.165) is 6.61 Å². The number of methoxy groups -OCH3 is 1. The van der Waals surface area contributed by atoms with Gasteiger partial charge in [0.25, 0.3) is 0 Å². The SMILES string of the molecule is CCCCOC.O=Cc1cc(Cl)ccc1Cl. The van der Waals surface area contributed by atoms with Crippen LogP contribution in [0.25, 0.3) is 0 Å².